The molecule has 0 saturated carbocycles. The van der Waals surface area contributed by atoms with Gasteiger partial charge in [0.15, 0.2) is 5.11 Å². The van der Waals surface area contributed by atoms with Crippen molar-refractivity contribution in [3.63, 3.8) is 0 Å². The number of thiocarbonyl (C=S) groups is 1. The van der Waals surface area contributed by atoms with Crippen molar-refractivity contribution < 1.29 is 9.59 Å². The standard InChI is InChI=1S/C25H22Cl2N4O2S2/c26-18-5-3-17(21(27)16-18)4-10-23(32)29-25(34)28-19-6-8-20(9-7-19)30-11-13-31(14-12-30)24(33)22-2-1-15-35-22/h1-10,15-16H,11-14H2,(H2,28,29,32,34)/b10-4+. The largest absolute Gasteiger partial charge is 0.368 e. The third-order valence-corrected chi connectivity index (χ3v) is 7.03. The summed E-state index contributed by atoms with van der Waals surface area (Å²) in [6.07, 6.45) is 2.95. The average molecular weight is 546 g/mol. The highest BCUT2D eigenvalue weighted by Crippen LogP contribution is 2.22. The Balaban J connectivity index is 1.25. The number of piperazine rings is 1. The van der Waals surface area contributed by atoms with E-state index in [0.29, 0.717) is 28.7 Å². The average Bonchev–Trinajstić information content (AvgIpc) is 3.39. The van der Waals surface area contributed by atoms with Crippen molar-refractivity contribution in [2.75, 3.05) is 36.4 Å². The van der Waals surface area contributed by atoms with Gasteiger partial charge in [-0.2, -0.15) is 0 Å². The van der Waals surface area contributed by atoms with E-state index < -0.39 is 0 Å². The van der Waals surface area contributed by atoms with Crippen LogP contribution in [0.4, 0.5) is 11.4 Å². The number of thiophene rings is 1. The van der Waals surface area contributed by atoms with E-state index in [9.17, 15) is 9.59 Å². The number of rotatable bonds is 5. The summed E-state index contributed by atoms with van der Waals surface area (Å²) in [4.78, 5) is 29.6. The van der Waals surface area contributed by atoms with E-state index in [1.807, 2.05) is 46.7 Å². The maximum absolute atomic E-state index is 12.5. The Labute approximate surface area is 223 Å². The Bertz CT molecular complexity index is 1240. The van der Waals surface area contributed by atoms with Gasteiger partial charge < -0.3 is 15.1 Å². The second kappa shape index (κ2) is 11.7. The van der Waals surface area contributed by atoms with E-state index in [4.69, 9.17) is 35.4 Å². The summed E-state index contributed by atoms with van der Waals surface area (Å²) in [6, 6.07) is 16.6. The van der Waals surface area contributed by atoms with Gasteiger partial charge in [0.05, 0.1) is 4.88 Å². The lowest BCUT2D eigenvalue weighted by Crippen LogP contribution is -2.48. The van der Waals surface area contributed by atoms with Crippen LogP contribution in [0.1, 0.15) is 15.2 Å². The maximum atomic E-state index is 12.5. The number of carbonyl (C=O) groups excluding carboxylic acids is 2. The van der Waals surface area contributed by atoms with Crippen LogP contribution in [0.3, 0.4) is 0 Å². The second-order valence-electron chi connectivity index (χ2n) is 7.75. The number of hydrogen-bond donors (Lipinski definition) is 2. The molecule has 4 rings (SSSR count). The van der Waals surface area contributed by atoms with Crippen LogP contribution in [0.25, 0.3) is 6.08 Å². The van der Waals surface area contributed by atoms with Crippen molar-refractivity contribution in [1.29, 1.82) is 0 Å². The molecular weight excluding hydrogens is 523 g/mol. The molecular formula is C25H22Cl2N4O2S2. The summed E-state index contributed by atoms with van der Waals surface area (Å²) < 4.78 is 0. The third-order valence-electron chi connectivity index (χ3n) is 5.40. The fraction of sp³-hybridized carbons (Fsp3) is 0.160. The van der Waals surface area contributed by atoms with Crippen molar-refractivity contribution in [2.45, 2.75) is 0 Å². The molecule has 2 aromatic carbocycles. The molecule has 180 valence electrons. The number of amides is 2. The van der Waals surface area contributed by atoms with Crippen LogP contribution < -0.4 is 15.5 Å². The van der Waals surface area contributed by atoms with Crippen molar-refractivity contribution >= 4 is 81.1 Å². The number of benzene rings is 2. The van der Waals surface area contributed by atoms with Gasteiger partial charge in [0.25, 0.3) is 5.91 Å². The Morgan fingerprint density at radius 2 is 1.74 bits per heavy atom. The zero-order valence-corrected chi connectivity index (χ0v) is 21.7. The van der Waals surface area contributed by atoms with Gasteiger partial charge in [-0.15, -0.1) is 11.3 Å². The van der Waals surface area contributed by atoms with Gasteiger partial charge in [0.1, 0.15) is 0 Å². The summed E-state index contributed by atoms with van der Waals surface area (Å²) in [5.41, 5.74) is 2.50. The highest BCUT2D eigenvalue weighted by molar-refractivity contribution is 7.80. The molecule has 6 nitrogen and oxygen atoms in total. The van der Waals surface area contributed by atoms with Gasteiger partial charge in [-0.1, -0.05) is 35.3 Å². The number of anilines is 2. The van der Waals surface area contributed by atoms with Gasteiger partial charge in [-0.05, 0) is 71.7 Å². The molecule has 2 amide bonds. The summed E-state index contributed by atoms with van der Waals surface area (Å²) in [5.74, 6) is -0.277. The van der Waals surface area contributed by atoms with Crippen LogP contribution in [0.15, 0.2) is 66.1 Å². The Hall–Kier alpha value is -2.91. The summed E-state index contributed by atoms with van der Waals surface area (Å²) >= 11 is 18.7. The van der Waals surface area contributed by atoms with Crippen LogP contribution in [-0.2, 0) is 4.79 Å². The number of nitrogens with one attached hydrogen (secondary N) is 2. The molecule has 1 aliphatic rings. The van der Waals surface area contributed by atoms with Crippen LogP contribution >= 0.6 is 46.8 Å². The SMILES string of the molecule is O=C(/C=C/c1ccc(Cl)cc1Cl)NC(=S)Nc1ccc(N2CCN(C(=O)c3cccs3)CC2)cc1. The fourth-order valence-electron chi connectivity index (χ4n) is 3.60. The lowest BCUT2D eigenvalue weighted by Gasteiger charge is -2.36. The predicted octanol–water partition coefficient (Wildman–Crippen LogP) is 5.54. The molecule has 1 aliphatic heterocycles. The van der Waals surface area contributed by atoms with Crippen molar-refractivity contribution in [3.05, 3.63) is 86.5 Å². The van der Waals surface area contributed by atoms with E-state index in [1.54, 1.807) is 24.3 Å². The topological polar surface area (TPSA) is 64.7 Å². The molecule has 0 aliphatic carbocycles. The fourth-order valence-corrected chi connectivity index (χ4v) is 4.98. The first-order chi connectivity index (χ1) is 16.9. The normalized spacial score (nSPS) is 13.7. The van der Waals surface area contributed by atoms with Crippen LogP contribution in [0, 0.1) is 0 Å². The third kappa shape index (κ3) is 6.82. The van der Waals surface area contributed by atoms with Gasteiger partial charge in [0, 0.05) is 53.7 Å². The van der Waals surface area contributed by atoms with Gasteiger partial charge in [0.2, 0.25) is 5.91 Å². The Morgan fingerprint density at radius 1 is 1.00 bits per heavy atom. The molecule has 0 bridgehead atoms. The van der Waals surface area contributed by atoms with E-state index in [1.165, 1.54) is 17.4 Å². The summed E-state index contributed by atoms with van der Waals surface area (Å²) in [6.45, 7) is 2.90. The molecule has 2 heterocycles. The van der Waals surface area contributed by atoms with Crippen LogP contribution in [0.2, 0.25) is 10.0 Å². The number of hydrogen-bond acceptors (Lipinski definition) is 5. The van der Waals surface area contributed by atoms with Crippen LogP contribution in [0.5, 0.6) is 0 Å². The number of halogens is 2. The molecule has 0 atom stereocenters. The van der Waals surface area contributed by atoms with E-state index >= 15 is 0 Å². The zero-order chi connectivity index (χ0) is 24.8. The molecule has 0 radical (unpaired) electrons. The second-order valence-corrected chi connectivity index (χ2v) is 9.95. The quantitative estimate of drug-likeness (QED) is 0.326. The van der Waals surface area contributed by atoms with E-state index in [0.717, 1.165) is 29.3 Å². The molecule has 2 N–H and O–H groups in total. The smallest absolute Gasteiger partial charge is 0.264 e. The Kier molecular flexibility index (Phi) is 8.41. The van der Waals surface area contributed by atoms with Crippen molar-refractivity contribution in [3.8, 4) is 0 Å². The molecule has 10 heteroatoms. The zero-order valence-electron chi connectivity index (χ0n) is 18.5. The van der Waals surface area contributed by atoms with Gasteiger partial charge in [-0.25, -0.2) is 0 Å². The molecule has 3 aromatic rings. The number of nitrogens with zero attached hydrogens (tertiary/aromatic N) is 2. The van der Waals surface area contributed by atoms with Crippen molar-refractivity contribution in [2.24, 2.45) is 0 Å². The molecule has 1 saturated heterocycles. The first-order valence-electron chi connectivity index (χ1n) is 10.8. The van der Waals surface area contributed by atoms with Gasteiger partial charge in [-0.3, -0.25) is 14.9 Å². The monoisotopic (exact) mass is 544 g/mol. The predicted molar refractivity (Wildman–Crippen MR) is 149 cm³/mol. The Morgan fingerprint density at radius 3 is 2.40 bits per heavy atom. The van der Waals surface area contributed by atoms with Gasteiger partial charge >= 0.3 is 0 Å². The summed E-state index contributed by atoms with van der Waals surface area (Å²) in [5, 5.41) is 8.72. The lowest BCUT2D eigenvalue weighted by molar-refractivity contribution is -0.115. The van der Waals surface area contributed by atoms with E-state index in [-0.39, 0.29) is 16.9 Å². The molecule has 1 fully saturated rings. The highest BCUT2D eigenvalue weighted by Gasteiger charge is 2.22. The first-order valence-corrected chi connectivity index (χ1v) is 12.9. The molecule has 1 aromatic heterocycles. The molecule has 35 heavy (non-hydrogen) atoms. The minimum atomic E-state index is -0.375. The highest BCUT2D eigenvalue weighted by atomic mass is 35.5. The maximum Gasteiger partial charge on any atom is 0.264 e. The molecule has 0 spiro atoms. The van der Waals surface area contributed by atoms with Crippen molar-refractivity contribution in [1.82, 2.24) is 10.2 Å². The minimum Gasteiger partial charge on any atom is -0.368 e. The lowest BCUT2D eigenvalue weighted by atomic mass is 10.2. The first kappa shape index (κ1) is 25.2. The summed E-state index contributed by atoms with van der Waals surface area (Å²) in [7, 11) is 0. The van der Waals surface area contributed by atoms with E-state index in [2.05, 4.69) is 15.5 Å². The molecule has 0 unspecified atom stereocenters. The number of carbonyl (C=O) groups is 2. The minimum absolute atomic E-state index is 0.0980. The van der Waals surface area contributed by atoms with Crippen LogP contribution in [-0.4, -0.2) is 48.0 Å².